The third-order valence-electron chi connectivity index (χ3n) is 3.97. The molecule has 0 radical (unpaired) electrons. The van der Waals surface area contributed by atoms with Crippen LogP contribution in [0.15, 0.2) is 53.2 Å². The summed E-state index contributed by atoms with van der Waals surface area (Å²) in [5.41, 5.74) is 3.38. The number of furan rings is 1. The smallest absolute Gasteiger partial charge is 0.232 e. The number of halogens is 1. The molecule has 3 heterocycles. The molecular weight excluding hydrogens is 336 g/mol. The number of nitrogens with zero attached hydrogens (tertiary/aromatic N) is 3. The Hall–Kier alpha value is -2.92. The molecule has 0 bridgehead atoms. The van der Waals surface area contributed by atoms with Gasteiger partial charge in [-0.3, -0.25) is 0 Å². The van der Waals surface area contributed by atoms with Crippen molar-refractivity contribution in [2.75, 3.05) is 5.32 Å². The SMILES string of the molecule is Cc1cccc(Nc2ncnc3oc(-c4ccc(Cl)cc4)c(C)c23)n1. The highest BCUT2D eigenvalue weighted by atomic mass is 35.5. The van der Waals surface area contributed by atoms with Crippen LogP contribution in [0, 0.1) is 13.8 Å². The number of fused-ring (bicyclic) bond motifs is 1. The number of hydrogen-bond donors (Lipinski definition) is 1. The maximum Gasteiger partial charge on any atom is 0.232 e. The van der Waals surface area contributed by atoms with Crippen LogP contribution in [0.5, 0.6) is 0 Å². The Morgan fingerprint density at radius 3 is 2.56 bits per heavy atom. The van der Waals surface area contributed by atoms with Crippen molar-refractivity contribution in [3.63, 3.8) is 0 Å². The Labute approximate surface area is 149 Å². The minimum atomic E-state index is 0.535. The van der Waals surface area contributed by atoms with Crippen LogP contribution in [0.1, 0.15) is 11.3 Å². The van der Waals surface area contributed by atoms with E-state index in [1.54, 1.807) is 0 Å². The van der Waals surface area contributed by atoms with Crippen LogP contribution >= 0.6 is 11.6 Å². The van der Waals surface area contributed by atoms with Crippen LogP contribution in [0.25, 0.3) is 22.4 Å². The fourth-order valence-corrected chi connectivity index (χ4v) is 2.90. The van der Waals surface area contributed by atoms with Crippen molar-refractivity contribution in [3.8, 4) is 11.3 Å². The van der Waals surface area contributed by atoms with E-state index in [2.05, 4.69) is 20.3 Å². The highest BCUT2D eigenvalue weighted by molar-refractivity contribution is 6.30. The fraction of sp³-hybridized carbons (Fsp3) is 0.105. The summed E-state index contributed by atoms with van der Waals surface area (Å²) < 4.78 is 5.97. The van der Waals surface area contributed by atoms with E-state index in [1.807, 2.05) is 56.3 Å². The van der Waals surface area contributed by atoms with Crippen molar-refractivity contribution < 1.29 is 4.42 Å². The van der Waals surface area contributed by atoms with Crippen LogP contribution in [-0.2, 0) is 0 Å². The van der Waals surface area contributed by atoms with Crippen molar-refractivity contribution in [2.24, 2.45) is 0 Å². The molecule has 25 heavy (non-hydrogen) atoms. The third kappa shape index (κ3) is 2.94. The van der Waals surface area contributed by atoms with E-state index in [0.717, 1.165) is 33.8 Å². The first-order valence-electron chi connectivity index (χ1n) is 7.82. The second kappa shape index (κ2) is 6.18. The average Bonchev–Trinajstić information content (AvgIpc) is 2.94. The molecule has 0 saturated carbocycles. The average molecular weight is 351 g/mol. The van der Waals surface area contributed by atoms with Gasteiger partial charge in [-0.25, -0.2) is 15.0 Å². The summed E-state index contributed by atoms with van der Waals surface area (Å²) in [7, 11) is 0. The van der Waals surface area contributed by atoms with Crippen molar-refractivity contribution in [1.29, 1.82) is 0 Å². The summed E-state index contributed by atoms with van der Waals surface area (Å²) in [5, 5.41) is 4.79. The number of pyridine rings is 1. The van der Waals surface area contributed by atoms with Crippen molar-refractivity contribution in [1.82, 2.24) is 15.0 Å². The molecule has 0 atom stereocenters. The standard InChI is InChI=1S/C19H15ClN4O/c1-11-4-3-5-15(23-11)24-18-16-12(2)17(25-19(16)22-10-21-18)13-6-8-14(20)9-7-13/h3-10H,1-2H3,(H,21,22,23,24). The van der Waals surface area contributed by atoms with Gasteiger partial charge < -0.3 is 9.73 Å². The number of hydrogen-bond acceptors (Lipinski definition) is 5. The van der Waals surface area contributed by atoms with Gasteiger partial charge in [0.25, 0.3) is 0 Å². The number of benzene rings is 1. The Morgan fingerprint density at radius 1 is 1.00 bits per heavy atom. The molecule has 3 aromatic heterocycles. The van der Waals surface area contributed by atoms with Crippen LogP contribution in [0.2, 0.25) is 5.02 Å². The molecule has 0 unspecified atom stereocenters. The third-order valence-corrected chi connectivity index (χ3v) is 4.22. The number of aryl methyl sites for hydroxylation is 2. The quantitative estimate of drug-likeness (QED) is 0.543. The van der Waals surface area contributed by atoms with E-state index in [-0.39, 0.29) is 0 Å². The Kier molecular flexibility index (Phi) is 3.86. The topological polar surface area (TPSA) is 63.8 Å². The summed E-state index contributed by atoms with van der Waals surface area (Å²) in [5.74, 6) is 2.16. The zero-order valence-corrected chi connectivity index (χ0v) is 14.5. The maximum atomic E-state index is 5.98. The van der Waals surface area contributed by atoms with E-state index in [9.17, 15) is 0 Å². The largest absolute Gasteiger partial charge is 0.437 e. The molecule has 0 saturated heterocycles. The molecule has 0 spiro atoms. The maximum absolute atomic E-state index is 5.98. The summed E-state index contributed by atoms with van der Waals surface area (Å²) >= 11 is 5.98. The van der Waals surface area contributed by atoms with Crippen molar-refractivity contribution in [2.45, 2.75) is 13.8 Å². The predicted molar refractivity (Wildman–Crippen MR) is 99.2 cm³/mol. The molecule has 124 valence electrons. The first-order valence-corrected chi connectivity index (χ1v) is 8.20. The number of nitrogens with one attached hydrogen (secondary N) is 1. The van der Waals surface area contributed by atoms with Crippen LogP contribution in [-0.4, -0.2) is 15.0 Å². The fourth-order valence-electron chi connectivity index (χ4n) is 2.78. The zero-order chi connectivity index (χ0) is 17.4. The lowest BCUT2D eigenvalue weighted by Crippen LogP contribution is -1.98. The Bertz CT molecular complexity index is 1060. The highest BCUT2D eigenvalue weighted by Crippen LogP contribution is 2.36. The van der Waals surface area contributed by atoms with E-state index in [0.29, 0.717) is 16.6 Å². The summed E-state index contributed by atoms with van der Waals surface area (Å²) in [6, 6.07) is 13.3. The lowest BCUT2D eigenvalue weighted by atomic mass is 10.1. The van der Waals surface area contributed by atoms with Gasteiger partial charge in [-0.2, -0.15) is 0 Å². The van der Waals surface area contributed by atoms with Gasteiger partial charge >= 0.3 is 0 Å². The molecule has 4 aromatic rings. The van der Waals surface area contributed by atoms with Gasteiger partial charge in [0, 0.05) is 21.8 Å². The molecule has 4 rings (SSSR count). The van der Waals surface area contributed by atoms with Gasteiger partial charge in [-0.1, -0.05) is 17.7 Å². The highest BCUT2D eigenvalue weighted by Gasteiger charge is 2.17. The molecule has 0 fully saturated rings. The Morgan fingerprint density at radius 2 is 1.80 bits per heavy atom. The molecule has 0 amide bonds. The van der Waals surface area contributed by atoms with E-state index < -0.39 is 0 Å². The van der Waals surface area contributed by atoms with Crippen LogP contribution in [0.4, 0.5) is 11.6 Å². The van der Waals surface area contributed by atoms with Gasteiger partial charge in [0.15, 0.2) is 0 Å². The summed E-state index contributed by atoms with van der Waals surface area (Å²) in [4.78, 5) is 13.1. The number of rotatable bonds is 3. The van der Waals surface area contributed by atoms with Crippen LogP contribution in [0.3, 0.4) is 0 Å². The normalized spacial score (nSPS) is 11.0. The second-order valence-electron chi connectivity index (χ2n) is 5.75. The molecule has 1 aromatic carbocycles. The molecule has 0 aliphatic carbocycles. The second-order valence-corrected chi connectivity index (χ2v) is 6.19. The van der Waals surface area contributed by atoms with Gasteiger partial charge in [0.05, 0.1) is 5.39 Å². The van der Waals surface area contributed by atoms with Gasteiger partial charge in [-0.15, -0.1) is 0 Å². The first kappa shape index (κ1) is 15.6. The molecule has 1 N–H and O–H groups in total. The van der Waals surface area contributed by atoms with Crippen molar-refractivity contribution >= 4 is 34.3 Å². The molecule has 0 aliphatic rings. The molecule has 0 aliphatic heterocycles. The van der Waals surface area contributed by atoms with Crippen LogP contribution < -0.4 is 5.32 Å². The summed E-state index contributed by atoms with van der Waals surface area (Å²) in [6.45, 7) is 3.94. The van der Waals surface area contributed by atoms with E-state index in [1.165, 1.54) is 6.33 Å². The van der Waals surface area contributed by atoms with E-state index in [4.69, 9.17) is 16.0 Å². The number of aromatic nitrogens is 3. The monoisotopic (exact) mass is 350 g/mol. The molecule has 6 heteroatoms. The Balaban J connectivity index is 1.82. The summed E-state index contributed by atoms with van der Waals surface area (Å²) in [6.07, 6.45) is 1.48. The van der Waals surface area contributed by atoms with Gasteiger partial charge in [-0.05, 0) is 50.2 Å². The molecule has 5 nitrogen and oxygen atoms in total. The zero-order valence-electron chi connectivity index (χ0n) is 13.7. The van der Waals surface area contributed by atoms with Gasteiger partial charge in [0.1, 0.15) is 23.7 Å². The first-order chi connectivity index (χ1) is 12.1. The predicted octanol–water partition coefficient (Wildman–Crippen LogP) is 5.30. The minimum absolute atomic E-state index is 0.535. The minimum Gasteiger partial charge on any atom is -0.437 e. The van der Waals surface area contributed by atoms with E-state index >= 15 is 0 Å². The lowest BCUT2D eigenvalue weighted by Gasteiger charge is -2.06. The number of anilines is 2. The molecular formula is C19H15ClN4O. The lowest BCUT2D eigenvalue weighted by molar-refractivity contribution is 0.615. The van der Waals surface area contributed by atoms with Gasteiger partial charge in [0.2, 0.25) is 5.71 Å². The van der Waals surface area contributed by atoms with Crippen molar-refractivity contribution in [3.05, 3.63) is 65.1 Å².